The fraction of sp³-hybridized carbons (Fsp3) is 0.273. The second kappa shape index (κ2) is 6.45. The number of nitrogens with zero attached hydrogens (tertiary/aromatic N) is 2. The van der Waals surface area contributed by atoms with Crippen molar-refractivity contribution in [2.24, 2.45) is 0 Å². The van der Waals surface area contributed by atoms with E-state index in [-0.39, 0.29) is 11.8 Å². The van der Waals surface area contributed by atoms with Crippen molar-refractivity contribution in [3.63, 3.8) is 0 Å². The summed E-state index contributed by atoms with van der Waals surface area (Å²) >= 11 is 0. The number of anilines is 1. The monoisotopic (exact) mass is 346 g/mol. The van der Waals surface area contributed by atoms with Crippen LogP contribution >= 0.6 is 0 Å². The summed E-state index contributed by atoms with van der Waals surface area (Å²) in [6, 6.07) is 16.4. The highest BCUT2D eigenvalue weighted by Crippen LogP contribution is 2.39. The Morgan fingerprint density at radius 1 is 1.12 bits per heavy atom. The summed E-state index contributed by atoms with van der Waals surface area (Å²) in [4.78, 5) is 15.1. The number of rotatable bonds is 3. The van der Waals surface area contributed by atoms with E-state index in [9.17, 15) is 4.79 Å². The van der Waals surface area contributed by atoms with Crippen LogP contribution in [0.4, 0.5) is 5.69 Å². The average molecular weight is 346 g/mol. The summed E-state index contributed by atoms with van der Waals surface area (Å²) in [7, 11) is 0. The lowest BCUT2D eigenvalue weighted by Gasteiger charge is -2.32. The van der Waals surface area contributed by atoms with Gasteiger partial charge < -0.3 is 9.42 Å². The number of para-hydroxylation sites is 1. The molecule has 1 atom stereocenters. The maximum atomic E-state index is 13.2. The van der Waals surface area contributed by atoms with E-state index in [4.69, 9.17) is 4.52 Å². The first kappa shape index (κ1) is 16.6. The van der Waals surface area contributed by atoms with Crippen LogP contribution in [0.5, 0.6) is 0 Å². The molecule has 4 heteroatoms. The van der Waals surface area contributed by atoms with E-state index < -0.39 is 0 Å². The third kappa shape index (κ3) is 2.71. The van der Waals surface area contributed by atoms with Crippen LogP contribution in [0, 0.1) is 13.8 Å². The van der Waals surface area contributed by atoms with Crippen LogP contribution in [-0.2, 0) is 11.3 Å². The molecule has 0 radical (unpaired) electrons. The maximum absolute atomic E-state index is 13.2. The van der Waals surface area contributed by atoms with Gasteiger partial charge in [-0.3, -0.25) is 4.79 Å². The van der Waals surface area contributed by atoms with E-state index >= 15 is 0 Å². The third-order valence-corrected chi connectivity index (χ3v) is 5.19. The highest BCUT2D eigenvalue weighted by atomic mass is 16.5. The van der Waals surface area contributed by atoms with Crippen molar-refractivity contribution < 1.29 is 9.32 Å². The van der Waals surface area contributed by atoms with Gasteiger partial charge in [-0.2, -0.15) is 0 Å². The number of aryl methyl sites for hydroxylation is 2. The van der Waals surface area contributed by atoms with Gasteiger partial charge in [0, 0.05) is 17.5 Å². The molecule has 4 rings (SSSR count). The molecule has 0 fully saturated rings. The normalized spacial score (nSPS) is 13.9. The zero-order chi connectivity index (χ0) is 18.3. The number of aromatic nitrogens is 1. The van der Waals surface area contributed by atoms with Gasteiger partial charge in [-0.25, -0.2) is 0 Å². The lowest BCUT2D eigenvalue weighted by Crippen LogP contribution is -2.33. The first-order valence-electron chi connectivity index (χ1n) is 8.96. The Balaban J connectivity index is 1.65. The quantitative estimate of drug-likeness (QED) is 0.670. The van der Waals surface area contributed by atoms with Gasteiger partial charge >= 0.3 is 0 Å². The molecule has 0 aliphatic carbocycles. The van der Waals surface area contributed by atoms with Crippen LogP contribution in [0.25, 0.3) is 11.1 Å². The molecule has 2 heterocycles. The van der Waals surface area contributed by atoms with Gasteiger partial charge in [0.25, 0.3) is 0 Å². The first-order valence-corrected chi connectivity index (χ1v) is 8.96. The van der Waals surface area contributed by atoms with Gasteiger partial charge in [-0.1, -0.05) is 54.5 Å². The smallest absolute Gasteiger partial charge is 0.227 e. The van der Waals surface area contributed by atoms with Crippen LogP contribution in [0.2, 0.25) is 0 Å². The molecule has 1 amide bonds. The average Bonchev–Trinajstić information content (AvgIpc) is 2.99. The van der Waals surface area contributed by atoms with Crippen molar-refractivity contribution in [2.45, 2.75) is 39.7 Å². The zero-order valence-electron chi connectivity index (χ0n) is 15.3. The lowest BCUT2D eigenvalue weighted by molar-refractivity contribution is -0.119. The van der Waals surface area contributed by atoms with Gasteiger partial charge in [0.05, 0.1) is 17.9 Å². The largest absolute Gasteiger partial charge is 0.361 e. The van der Waals surface area contributed by atoms with Crippen LogP contribution < -0.4 is 4.90 Å². The molecule has 0 saturated carbocycles. The second-order valence-corrected chi connectivity index (χ2v) is 7.00. The van der Waals surface area contributed by atoms with E-state index in [1.165, 1.54) is 11.1 Å². The molecular weight excluding hydrogens is 324 g/mol. The standard InChI is InChI=1S/C22H22N2O2/c1-14(22-15(2)23-26-16(22)3)12-21(25)24-13-17-8-4-5-9-18(17)19-10-6-7-11-20(19)24/h4-11,14H,12-13H2,1-3H3. The Bertz CT molecular complexity index is 954. The van der Waals surface area contributed by atoms with Gasteiger partial charge in [0.1, 0.15) is 5.76 Å². The van der Waals surface area contributed by atoms with Crippen LogP contribution in [0.1, 0.15) is 41.8 Å². The highest BCUT2D eigenvalue weighted by Gasteiger charge is 2.28. The molecule has 132 valence electrons. The number of benzene rings is 2. The predicted molar refractivity (Wildman–Crippen MR) is 102 cm³/mol. The van der Waals surface area contributed by atoms with Crippen molar-refractivity contribution in [3.05, 3.63) is 71.1 Å². The van der Waals surface area contributed by atoms with E-state index in [1.807, 2.05) is 49.1 Å². The van der Waals surface area contributed by atoms with Gasteiger partial charge in [-0.15, -0.1) is 0 Å². The summed E-state index contributed by atoms with van der Waals surface area (Å²) in [5.74, 6) is 0.990. The highest BCUT2D eigenvalue weighted by molar-refractivity contribution is 6.00. The van der Waals surface area contributed by atoms with Crippen LogP contribution in [0.3, 0.4) is 0 Å². The van der Waals surface area contributed by atoms with Crippen molar-refractivity contribution in [1.29, 1.82) is 0 Å². The van der Waals surface area contributed by atoms with Gasteiger partial charge in [0.2, 0.25) is 5.91 Å². The molecule has 1 aliphatic rings. The molecule has 1 unspecified atom stereocenters. The Kier molecular flexibility index (Phi) is 4.11. The van der Waals surface area contributed by atoms with Gasteiger partial charge in [-0.05, 0) is 37.0 Å². The number of carbonyl (C=O) groups excluding carboxylic acids is 1. The predicted octanol–water partition coefficient (Wildman–Crippen LogP) is 5.00. The van der Waals surface area contributed by atoms with Crippen molar-refractivity contribution in [2.75, 3.05) is 4.90 Å². The topological polar surface area (TPSA) is 46.3 Å². The molecular formula is C22H22N2O2. The van der Waals surface area contributed by atoms with E-state index in [0.717, 1.165) is 28.3 Å². The van der Waals surface area contributed by atoms with E-state index in [0.29, 0.717) is 13.0 Å². The Labute approximate surface area is 153 Å². The van der Waals surface area contributed by atoms with Crippen molar-refractivity contribution >= 4 is 11.6 Å². The number of fused-ring (bicyclic) bond motifs is 3. The summed E-state index contributed by atoms with van der Waals surface area (Å²) in [5, 5.41) is 4.02. The SMILES string of the molecule is Cc1noc(C)c1C(C)CC(=O)N1Cc2ccccc2-c2ccccc21. The number of hydrogen-bond acceptors (Lipinski definition) is 3. The molecule has 26 heavy (non-hydrogen) atoms. The minimum absolute atomic E-state index is 0.0677. The minimum atomic E-state index is 0.0677. The lowest BCUT2D eigenvalue weighted by atomic mass is 9.91. The van der Waals surface area contributed by atoms with Crippen molar-refractivity contribution in [3.8, 4) is 11.1 Å². The summed E-state index contributed by atoms with van der Waals surface area (Å²) < 4.78 is 5.27. The molecule has 3 aromatic rings. The fourth-order valence-electron chi connectivity index (χ4n) is 4.00. The molecule has 0 spiro atoms. The summed E-state index contributed by atoms with van der Waals surface area (Å²) in [5.41, 5.74) is 6.42. The molecule has 1 aliphatic heterocycles. The Hall–Kier alpha value is -2.88. The molecule has 0 saturated heterocycles. The van der Waals surface area contributed by atoms with E-state index in [1.54, 1.807) is 0 Å². The Morgan fingerprint density at radius 3 is 2.54 bits per heavy atom. The van der Waals surface area contributed by atoms with Crippen molar-refractivity contribution in [1.82, 2.24) is 5.16 Å². The second-order valence-electron chi connectivity index (χ2n) is 7.00. The Morgan fingerprint density at radius 2 is 1.81 bits per heavy atom. The van der Waals surface area contributed by atoms with Gasteiger partial charge in [0.15, 0.2) is 0 Å². The minimum Gasteiger partial charge on any atom is -0.361 e. The molecule has 2 aromatic carbocycles. The van der Waals surface area contributed by atoms with E-state index in [2.05, 4.69) is 30.3 Å². The summed E-state index contributed by atoms with van der Waals surface area (Å²) in [6.45, 7) is 6.51. The molecule has 1 aromatic heterocycles. The molecule has 0 N–H and O–H groups in total. The third-order valence-electron chi connectivity index (χ3n) is 5.19. The number of carbonyl (C=O) groups is 1. The van der Waals surface area contributed by atoms with Crippen LogP contribution in [0.15, 0.2) is 53.1 Å². The number of amides is 1. The summed E-state index contributed by atoms with van der Waals surface area (Å²) in [6.07, 6.45) is 0.430. The molecule has 4 nitrogen and oxygen atoms in total. The maximum Gasteiger partial charge on any atom is 0.227 e. The first-order chi connectivity index (χ1) is 12.6. The van der Waals surface area contributed by atoms with Crippen LogP contribution in [-0.4, -0.2) is 11.1 Å². The number of hydrogen-bond donors (Lipinski definition) is 0. The fourth-order valence-corrected chi connectivity index (χ4v) is 4.00. The molecule has 0 bridgehead atoms. The zero-order valence-corrected chi connectivity index (χ0v) is 15.3.